The first-order valence-electron chi connectivity index (χ1n) is 8.70. The van der Waals surface area contributed by atoms with Crippen molar-refractivity contribution in [3.8, 4) is 0 Å². The highest BCUT2D eigenvalue weighted by Crippen LogP contribution is 2.16. The maximum atomic E-state index is 12.9. The van der Waals surface area contributed by atoms with Gasteiger partial charge in [-0.1, -0.05) is 30.3 Å². The van der Waals surface area contributed by atoms with Crippen molar-refractivity contribution in [1.82, 2.24) is 14.5 Å². The van der Waals surface area contributed by atoms with Crippen LogP contribution in [-0.2, 0) is 7.05 Å². The molecule has 26 heavy (non-hydrogen) atoms. The van der Waals surface area contributed by atoms with Gasteiger partial charge in [0.05, 0.1) is 11.0 Å². The lowest BCUT2D eigenvalue weighted by Crippen LogP contribution is -2.50. The molecule has 4 rings (SSSR count). The van der Waals surface area contributed by atoms with Crippen LogP contribution in [0.15, 0.2) is 59.4 Å². The zero-order valence-electron chi connectivity index (χ0n) is 14.6. The Balaban J connectivity index is 1.57. The molecular weight excluding hydrogens is 328 g/mol. The van der Waals surface area contributed by atoms with Crippen molar-refractivity contribution in [3.63, 3.8) is 0 Å². The summed E-state index contributed by atoms with van der Waals surface area (Å²) >= 11 is 0. The number of rotatable bonds is 2. The van der Waals surface area contributed by atoms with Crippen LogP contribution < -0.4 is 10.5 Å². The standard InChI is InChI=1S/C20H20N4O2/c1-22-17-10-6-5-9-16(17)21-18(19(22)25)20(26)24-13-11-23(12-14-24)15-7-3-2-4-8-15/h2-10H,11-14H2,1H3. The molecule has 2 aromatic carbocycles. The van der Waals surface area contributed by atoms with E-state index in [4.69, 9.17) is 0 Å². The molecule has 0 bridgehead atoms. The molecule has 0 saturated carbocycles. The fourth-order valence-corrected chi connectivity index (χ4v) is 3.37. The van der Waals surface area contributed by atoms with Gasteiger partial charge >= 0.3 is 0 Å². The lowest BCUT2D eigenvalue weighted by molar-refractivity contribution is 0.0738. The second-order valence-electron chi connectivity index (χ2n) is 6.43. The Morgan fingerprint density at radius 1 is 0.923 bits per heavy atom. The van der Waals surface area contributed by atoms with E-state index in [0.717, 1.165) is 24.3 Å². The number of piperazine rings is 1. The van der Waals surface area contributed by atoms with Gasteiger partial charge in [-0.2, -0.15) is 0 Å². The predicted octanol–water partition coefficient (Wildman–Crippen LogP) is 1.90. The van der Waals surface area contributed by atoms with Gasteiger partial charge in [0.25, 0.3) is 11.5 Å². The fraction of sp³-hybridized carbons (Fsp3) is 0.250. The highest BCUT2D eigenvalue weighted by Gasteiger charge is 2.26. The highest BCUT2D eigenvalue weighted by atomic mass is 16.2. The highest BCUT2D eigenvalue weighted by molar-refractivity contribution is 5.94. The SMILES string of the molecule is Cn1c(=O)c(C(=O)N2CCN(c3ccccc3)CC2)nc2ccccc21. The van der Waals surface area contributed by atoms with Gasteiger partial charge in [-0.3, -0.25) is 9.59 Å². The summed E-state index contributed by atoms with van der Waals surface area (Å²) in [5.74, 6) is -0.288. The van der Waals surface area contributed by atoms with Crippen LogP contribution in [0.1, 0.15) is 10.5 Å². The molecule has 0 spiro atoms. The van der Waals surface area contributed by atoms with Gasteiger partial charge < -0.3 is 14.4 Å². The van der Waals surface area contributed by atoms with Crippen molar-refractivity contribution in [2.75, 3.05) is 31.1 Å². The van der Waals surface area contributed by atoms with E-state index in [2.05, 4.69) is 22.0 Å². The van der Waals surface area contributed by atoms with Crippen LogP contribution in [0.5, 0.6) is 0 Å². The number of carbonyl (C=O) groups is 1. The third kappa shape index (κ3) is 2.83. The van der Waals surface area contributed by atoms with Gasteiger partial charge in [0.15, 0.2) is 5.69 Å². The summed E-state index contributed by atoms with van der Waals surface area (Å²) in [7, 11) is 1.68. The summed E-state index contributed by atoms with van der Waals surface area (Å²) in [4.78, 5) is 33.8. The number of benzene rings is 2. The monoisotopic (exact) mass is 348 g/mol. The molecule has 0 unspecified atom stereocenters. The van der Waals surface area contributed by atoms with Gasteiger partial charge in [0, 0.05) is 38.9 Å². The van der Waals surface area contributed by atoms with Crippen molar-refractivity contribution < 1.29 is 4.79 Å². The van der Waals surface area contributed by atoms with Crippen LogP contribution >= 0.6 is 0 Å². The van der Waals surface area contributed by atoms with E-state index < -0.39 is 0 Å². The summed E-state index contributed by atoms with van der Waals surface area (Å²) in [6.45, 7) is 2.63. The summed E-state index contributed by atoms with van der Waals surface area (Å²) in [6.07, 6.45) is 0. The number of aromatic nitrogens is 2. The molecule has 132 valence electrons. The molecule has 0 atom stereocenters. The zero-order chi connectivity index (χ0) is 18.1. The summed E-state index contributed by atoms with van der Waals surface area (Å²) in [5.41, 5.74) is 2.18. The minimum absolute atomic E-state index is 0.000592. The molecule has 1 amide bonds. The summed E-state index contributed by atoms with van der Waals surface area (Å²) in [5, 5.41) is 0. The molecule has 0 radical (unpaired) electrons. The van der Waals surface area contributed by atoms with E-state index in [1.807, 2.05) is 42.5 Å². The number of hydrogen-bond acceptors (Lipinski definition) is 4. The molecule has 0 N–H and O–H groups in total. The minimum atomic E-state index is -0.348. The normalized spacial score (nSPS) is 14.7. The molecule has 1 saturated heterocycles. The number of hydrogen-bond donors (Lipinski definition) is 0. The molecule has 1 aliphatic heterocycles. The van der Waals surface area contributed by atoms with Crippen molar-refractivity contribution in [3.05, 3.63) is 70.6 Å². The smallest absolute Gasteiger partial charge is 0.282 e. The Morgan fingerprint density at radius 3 is 2.31 bits per heavy atom. The Kier molecular flexibility index (Phi) is 4.16. The molecule has 6 heteroatoms. The summed E-state index contributed by atoms with van der Waals surface area (Å²) in [6, 6.07) is 17.5. The second-order valence-corrected chi connectivity index (χ2v) is 6.43. The first-order valence-corrected chi connectivity index (χ1v) is 8.70. The maximum Gasteiger partial charge on any atom is 0.282 e. The van der Waals surface area contributed by atoms with E-state index in [0.29, 0.717) is 18.6 Å². The van der Waals surface area contributed by atoms with Crippen LogP contribution in [-0.4, -0.2) is 46.5 Å². The first-order chi connectivity index (χ1) is 12.6. The van der Waals surface area contributed by atoms with E-state index in [-0.39, 0.29) is 17.2 Å². The number of aryl methyl sites for hydroxylation is 1. The van der Waals surface area contributed by atoms with Crippen molar-refractivity contribution >= 4 is 22.6 Å². The van der Waals surface area contributed by atoms with Gasteiger partial charge in [0.2, 0.25) is 0 Å². The van der Waals surface area contributed by atoms with E-state index >= 15 is 0 Å². The van der Waals surface area contributed by atoms with Crippen molar-refractivity contribution in [2.24, 2.45) is 7.05 Å². The maximum absolute atomic E-state index is 12.9. The number of carbonyl (C=O) groups excluding carboxylic acids is 1. The third-order valence-corrected chi connectivity index (χ3v) is 4.87. The lowest BCUT2D eigenvalue weighted by Gasteiger charge is -2.35. The summed E-state index contributed by atoms with van der Waals surface area (Å²) < 4.78 is 1.50. The van der Waals surface area contributed by atoms with Crippen LogP contribution in [0.3, 0.4) is 0 Å². The molecule has 1 aromatic heterocycles. The third-order valence-electron chi connectivity index (χ3n) is 4.87. The van der Waals surface area contributed by atoms with Crippen LogP contribution in [0, 0.1) is 0 Å². The molecule has 6 nitrogen and oxygen atoms in total. The van der Waals surface area contributed by atoms with Crippen LogP contribution in [0.2, 0.25) is 0 Å². The van der Waals surface area contributed by atoms with Gasteiger partial charge in [-0.15, -0.1) is 0 Å². The van der Waals surface area contributed by atoms with Gasteiger partial charge in [0.1, 0.15) is 0 Å². The Morgan fingerprint density at radius 2 is 1.58 bits per heavy atom. The average Bonchev–Trinajstić information content (AvgIpc) is 2.71. The molecular formula is C20H20N4O2. The Hall–Kier alpha value is -3.15. The Labute approximate surface area is 151 Å². The van der Waals surface area contributed by atoms with E-state index in [9.17, 15) is 9.59 Å². The fourth-order valence-electron chi connectivity index (χ4n) is 3.37. The Bertz CT molecular complexity index is 1010. The second kappa shape index (κ2) is 6.63. The number of amides is 1. The number of nitrogens with zero attached hydrogens (tertiary/aromatic N) is 4. The van der Waals surface area contributed by atoms with Gasteiger partial charge in [-0.25, -0.2) is 4.98 Å². The minimum Gasteiger partial charge on any atom is -0.368 e. The van der Waals surface area contributed by atoms with E-state index in [1.165, 1.54) is 4.57 Å². The van der Waals surface area contributed by atoms with Gasteiger partial charge in [-0.05, 0) is 24.3 Å². The zero-order valence-corrected chi connectivity index (χ0v) is 14.6. The molecule has 0 aliphatic carbocycles. The van der Waals surface area contributed by atoms with Crippen LogP contribution in [0.25, 0.3) is 11.0 Å². The van der Waals surface area contributed by atoms with Crippen molar-refractivity contribution in [2.45, 2.75) is 0 Å². The average molecular weight is 348 g/mol. The molecule has 1 aliphatic rings. The first kappa shape index (κ1) is 16.3. The largest absolute Gasteiger partial charge is 0.368 e. The predicted molar refractivity (Wildman–Crippen MR) is 102 cm³/mol. The topological polar surface area (TPSA) is 58.4 Å². The van der Waals surface area contributed by atoms with E-state index in [1.54, 1.807) is 11.9 Å². The number of fused-ring (bicyclic) bond motifs is 1. The quantitative estimate of drug-likeness (QED) is 0.710. The molecule has 1 fully saturated rings. The van der Waals surface area contributed by atoms with Crippen molar-refractivity contribution in [1.29, 1.82) is 0 Å². The number of para-hydroxylation sites is 3. The van der Waals surface area contributed by atoms with Crippen LogP contribution in [0.4, 0.5) is 5.69 Å². The lowest BCUT2D eigenvalue weighted by atomic mass is 10.2. The molecule has 3 aromatic rings. The number of anilines is 1. The molecule has 2 heterocycles.